The van der Waals surface area contributed by atoms with E-state index in [2.05, 4.69) is 52.1 Å². The minimum Gasteiger partial charge on any atom is -0.379 e. The van der Waals surface area contributed by atoms with Gasteiger partial charge < -0.3 is 14.5 Å². The average molecular weight is 544 g/mol. The number of morpholine rings is 1. The number of rotatable bonds is 9. The highest BCUT2D eigenvalue weighted by Crippen LogP contribution is 2.29. The molecule has 0 N–H and O–H groups in total. The predicted octanol–water partition coefficient (Wildman–Crippen LogP) is 5.58. The minimum atomic E-state index is -0.148. The maximum Gasteiger partial charge on any atom is 0.242 e. The number of benzene rings is 2. The Morgan fingerprint density at radius 3 is 2.50 bits per heavy atom. The van der Waals surface area contributed by atoms with Crippen LogP contribution in [0.15, 0.2) is 59.3 Å². The average Bonchev–Trinajstić information content (AvgIpc) is 3.44. The highest BCUT2D eigenvalue weighted by atomic mass is 35.5. The van der Waals surface area contributed by atoms with Crippen LogP contribution in [0, 0.1) is 11.3 Å². The number of hydrogen-bond donors (Lipinski definition) is 0. The first-order chi connectivity index (χ1) is 17.5. The van der Waals surface area contributed by atoms with Crippen LogP contribution in [0.1, 0.15) is 11.6 Å². The van der Waals surface area contributed by atoms with E-state index in [-0.39, 0.29) is 25.0 Å². The number of halogens is 2. The Labute approximate surface area is 226 Å². The van der Waals surface area contributed by atoms with Gasteiger partial charge in [0.15, 0.2) is 0 Å². The minimum absolute atomic E-state index is 0.0502. The maximum absolute atomic E-state index is 13.5. The van der Waals surface area contributed by atoms with Crippen LogP contribution in [0.4, 0.5) is 5.69 Å². The Balaban J connectivity index is 1.55. The van der Waals surface area contributed by atoms with Crippen LogP contribution in [0.5, 0.6) is 0 Å². The lowest BCUT2D eigenvalue weighted by molar-refractivity contribution is -0.131. The quantitative estimate of drug-likeness (QED) is 0.330. The van der Waals surface area contributed by atoms with Crippen molar-refractivity contribution in [3.8, 4) is 17.2 Å². The molecular formula is C27H28Cl2N4O2S. The first-order valence-corrected chi connectivity index (χ1v) is 13.4. The van der Waals surface area contributed by atoms with Crippen LogP contribution in [0.25, 0.3) is 11.1 Å². The highest BCUT2D eigenvalue weighted by Gasteiger charge is 2.27. The fourth-order valence-corrected chi connectivity index (χ4v) is 5.22. The Hall–Kier alpha value is -2.60. The summed E-state index contributed by atoms with van der Waals surface area (Å²) in [5, 5.41) is 14.4. The molecule has 0 saturated carbocycles. The van der Waals surface area contributed by atoms with E-state index in [4.69, 9.17) is 27.9 Å². The molecule has 36 heavy (non-hydrogen) atoms. The zero-order valence-corrected chi connectivity index (χ0v) is 22.4. The second-order valence-corrected chi connectivity index (χ2v) is 10.3. The molecule has 1 aliphatic rings. The lowest BCUT2D eigenvalue weighted by Gasteiger charge is -2.36. The zero-order chi connectivity index (χ0) is 25.5. The van der Waals surface area contributed by atoms with Crippen LogP contribution in [-0.4, -0.2) is 68.7 Å². The van der Waals surface area contributed by atoms with E-state index >= 15 is 0 Å². The van der Waals surface area contributed by atoms with Gasteiger partial charge in [-0.25, -0.2) is 0 Å². The molecule has 6 nitrogen and oxygen atoms in total. The summed E-state index contributed by atoms with van der Waals surface area (Å²) in [5.74, 6) is -0.0866. The molecule has 0 bridgehead atoms. The molecular weight excluding hydrogens is 515 g/mol. The molecule has 3 aromatic rings. The lowest BCUT2D eigenvalue weighted by atomic mass is 10.0. The van der Waals surface area contributed by atoms with Gasteiger partial charge in [-0.05, 0) is 51.7 Å². The van der Waals surface area contributed by atoms with Gasteiger partial charge in [0.2, 0.25) is 5.91 Å². The van der Waals surface area contributed by atoms with E-state index in [1.165, 1.54) is 5.56 Å². The topological polar surface area (TPSA) is 59.8 Å². The molecule has 1 unspecified atom stereocenters. The molecule has 1 aromatic heterocycles. The van der Waals surface area contributed by atoms with Gasteiger partial charge in [-0.15, -0.1) is 0 Å². The Morgan fingerprint density at radius 1 is 1.11 bits per heavy atom. The lowest BCUT2D eigenvalue weighted by Crippen LogP contribution is -2.46. The number of carbonyl (C=O) groups is 1. The smallest absolute Gasteiger partial charge is 0.242 e. The van der Waals surface area contributed by atoms with Crippen LogP contribution in [-0.2, 0) is 9.53 Å². The molecule has 1 atom stereocenters. The Morgan fingerprint density at radius 2 is 1.86 bits per heavy atom. The first-order valence-electron chi connectivity index (χ1n) is 11.7. The SMILES string of the molecule is CN(C(=O)CN(CC#N)c1ccc(Cl)c(Cl)c1)C(CN1CCOCC1)c1ccc(-c2ccsc2)cc1. The van der Waals surface area contributed by atoms with Crippen molar-refractivity contribution in [1.82, 2.24) is 9.80 Å². The summed E-state index contributed by atoms with van der Waals surface area (Å²) in [7, 11) is 1.83. The Kier molecular flexibility index (Phi) is 9.24. The van der Waals surface area contributed by atoms with Crippen LogP contribution in [0.3, 0.4) is 0 Å². The number of nitriles is 1. The fraction of sp³-hybridized carbons (Fsp3) is 0.333. The van der Waals surface area contributed by atoms with E-state index in [1.807, 2.05) is 7.05 Å². The van der Waals surface area contributed by atoms with E-state index in [1.54, 1.807) is 39.3 Å². The number of likely N-dealkylation sites (N-methyl/N-ethyl adjacent to an activating group) is 1. The number of ether oxygens (including phenoxy) is 1. The number of nitrogens with zero attached hydrogens (tertiary/aromatic N) is 4. The number of hydrogen-bond acceptors (Lipinski definition) is 6. The van der Waals surface area contributed by atoms with Gasteiger partial charge in [-0.3, -0.25) is 9.69 Å². The van der Waals surface area contributed by atoms with Crippen molar-refractivity contribution in [3.05, 3.63) is 74.9 Å². The first kappa shape index (κ1) is 26.5. The number of amides is 1. The summed E-state index contributed by atoms with van der Waals surface area (Å²) < 4.78 is 5.52. The van der Waals surface area contributed by atoms with Gasteiger partial charge in [-0.2, -0.15) is 16.6 Å². The van der Waals surface area contributed by atoms with Gasteiger partial charge in [-0.1, -0.05) is 47.5 Å². The maximum atomic E-state index is 13.5. The predicted molar refractivity (Wildman–Crippen MR) is 147 cm³/mol. The molecule has 2 heterocycles. The van der Waals surface area contributed by atoms with Gasteiger partial charge in [0.05, 0.1) is 41.9 Å². The number of anilines is 1. The highest BCUT2D eigenvalue weighted by molar-refractivity contribution is 7.08. The molecule has 9 heteroatoms. The molecule has 1 aliphatic heterocycles. The van der Waals surface area contributed by atoms with Crippen molar-refractivity contribution >= 4 is 46.1 Å². The summed E-state index contributed by atoms with van der Waals surface area (Å²) in [4.78, 5) is 19.4. The van der Waals surface area contributed by atoms with E-state index in [0.29, 0.717) is 35.5 Å². The second-order valence-electron chi connectivity index (χ2n) is 8.68. The van der Waals surface area contributed by atoms with Crippen LogP contribution >= 0.6 is 34.5 Å². The molecule has 188 valence electrons. The summed E-state index contributed by atoms with van der Waals surface area (Å²) in [5.41, 5.74) is 4.09. The monoisotopic (exact) mass is 542 g/mol. The van der Waals surface area contributed by atoms with Crippen molar-refractivity contribution in [2.24, 2.45) is 0 Å². The van der Waals surface area contributed by atoms with Gasteiger partial charge in [0.1, 0.15) is 6.54 Å². The van der Waals surface area contributed by atoms with Crippen molar-refractivity contribution in [2.75, 3.05) is 57.9 Å². The molecule has 0 spiro atoms. The van der Waals surface area contributed by atoms with Crippen LogP contribution in [0.2, 0.25) is 10.0 Å². The molecule has 1 saturated heterocycles. The molecule has 1 fully saturated rings. The second kappa shape index (κ2) is 12.6. The van der Waals surface area contributed by atoms with Crippen LogP contribution < -0.4 is 4.90 Å². The molecule has 4 rings (SSSR count). The zero-order valence-electron chi connectivity index (χ0n) is 20.1. The van der Waals surface area contributed by atoms with Crippen molar-refractivity contribution in [3.63, 3.8) is 0 Å². The summed E-state index contributed by atoms with van der Waals surface area (Å²) >= 11 is 13.9. The third-order valence-corrected chi connectivity index (χ3v) is 7.82. The van der Waals surface area contributed by atoms with Gasteiger partial charge in [0.25, 0.3) is 0 Å². The number of thiophene rings is 1. The Bertz CT molecular complexity index is 1190. The normalized spacial score (nSPS) is 14.7. The summed E-state index contributed by atoms with van der Waals surface area (Å²) in [6.45, 7) is 3.85. The fourth-order valence-electron chi connectivity index (χ4n) is 4.26. The largest absolute Gasteiger partial charge is 0.379 e. The third kappa shape index (κ3) is 6.58. The summed E-state index contributed by atoms with van der Waals surface area (Å²) in [6, 6.07) is 17.7. The van der Waals surface area contributed by atoms with Gasteiger partial charge >= 0.3 is 0 Å². The van der Waals surface area contributed by atoms with E-state index in [9.17, 15) is 10.1 Å². The van der Waals surface area contributed by atoms with Crippen molar-refractivity contribution in [1.29, 1.82) is 5.26 Å². The third-order valence-electron chi connectivity index (χ3n) is 6.40. The number of carbonyl (C=O) groups excluding carboxylic acids is 1. The standard InChI is InChI=1S/C27H28Cl2N4O2S/c1-31(27(34)18-33(10-9-30)23-6-7-24(28)25(29)16-23)26(17-32-11-13-35-14-12-32)21-4-2-20(3-5-21)22-8-15-36-19-22/h2-8,15-16,19,26H,10-14,17-18H2,1H3. The molecule has 1 amide bonds. The molecule has 2 aromatic carbocycles. The van der Waals surface area contributed by atoms with E-state index < -0.39 is 0 Å². The van der Waals surface area contributed by atoms with E-state index in [0.717, 1.165) is 24.2 Å². The summed E-state index contributed by atoms with van der Waals surface area (Å²) in [6.07, 6.45) is 0. The van der Waals surface area contributed by atoms with Crippen molar-refractivity contribution in [2.45, 2.75) is 6.04 Å². The molecule has 0 radical (unpaired) electrons. The van der Waals surface area contributed by atoms with Gasteiger partial charge in [0, 0.05) is 32.4 Å². The molecule has 0 aliphatic carbocycles. The van der Waals surface area contributed by atoms with Crippen molar-refractivity contribution < 1.29 is 9.53 Å².